The maximum Gasteiger partial charge on any atom is 0.229 e. The maximum atomic E-state index is 4.85. The Hall–Kier alpha value is -3.52. The Morgan fingerprint density at radius 3 is 2.68 bits per heavy atom. The van der Waals surface area contributed by atoms with E-state index in [0.717, 1.165) is 48.3 Å². The molecule has 1 unspecified atom stereocenters. The molecular formula is C23H24N8. The molecule has 3 atom stereocenters. The molecule has 1 aliphatic carbocycles. The first-order valence-electron chi connectivity index (χ1n) is 10.7. The minimum absolute atomic E-state index is 0.583. The van der Waals surface area contributed by atoms with Crippen molar-refractivity contribution in [2.45, 2.75) is 19.5 Å². The maximum absolute atomic E-state index is 4.85. The predicted molar refractivity (Wildman–Crippen MR) is 120 cm³/mol. The molecule has 0 amide bonds. The molecule has 31 heavy (non-hydrogen) atoms. The van der Waals surface area contributed by atoms with Crippen molar-refractivity contribution in [3.05, 3.63) is 66.0 Å². The zero-order valence-electron chi connectivity index (χ0n) is 17.3. The minimum atomic E-state index is 0.583. The van der Waals surface area contributed by atoms with Gasteiger partial charge in [0.2, 0.25) is 5.95 Å². The van der Waals surface area contributed by atoms with Gasteiger partial charge in [0.25, 0.3) is 0 Å². The number of rotatable bonds is 6. The van der Waals surface area contributed by atoms with Crippen LogP contribution < -0.4 is 15.5 Å². The quantitative estimate of drug-likeness (QED) is 0.448. The van der Waals surface area contributed by atoms with Gasteiger partial charge in [-0.05, 0) is 36.5 Å². The van der Waals surface area contributed by atoms with E-state index in [1.54, 1.807) is 6.20 Å². The summed E-state index contributed by atoms with van der Waals surface area (Å²) in [5.41, 5.74) is 3.02. The Morgan fingerprint density at radius 2 is 1.90 bits per heavy atom. The van der Waals surface area contributed by atoms with E-state index in [-0.39, 0.29) is 0 Å². The lowest BCUT2D eigenvalue weighted by molar-refractivity contribution is 0.588. The number of nitrogens with zero attached hydrogens (tertiary/aromatic N) is 5. The molecule has 1 saturated carbocycles. The number of anilines is 3. The molecule has 2 aliphatic rings. The van der Waals surface area contributed by atoms with Crippen LogP contribution in [-0.4, -0.2) is 44.3 Å². The SMILES string of the molecule is Cc1cc(Nc2nc(N3C[C@@H]4C(NCc5ccccc5)[C@@H]4C3)nc3ncccc23)n[nH]1. The van der Waals surface area contributed by atoms with E-state index in [9.17, 15) is 0 Å². The van der Waals surface area contributed by atoms with E-state index in [4.69, 9.17) is 9.97 Å². The first-order valence-corrected chi connectivity index (χ1v) is 10.7. The fourth-order valence-electron chi connectivity index (χ4n) is 4.61. The number of pyridine rings is 1. The molecule has 1 aliphatic heterocycles. The standard InChI is InChI=1S/C23H24N8/c1-14-10-19(30-29-14)26-22-16-8-5-9-24-21(16)27-23(28-22)31-12-17-18(13-31)20(17)25-11-15-6-3-2-4-7-15/h2-10,17-18,20,25H,11-13H2,1H3,(H2,24,26,27,28,29,30)/t17-,18+,20?. The van der Waals surface area contributed by atoms with E-state index < -0.39 is 0 Å². The smallest absolute Gasteiger partial charge is 0.229 e. The van der Waals surface area contributed by atoms with Crippen LogP contribution in [0.4, 0.5) is 17.6 Å². The summed E-state index contributed by atoms with van der Waals surface area (Å²) < 4.78 is 0. The van der Waals surface area contributed by atoms with Gasteiger partial charge in [0.05, 0.1) is 5.39 Å². The number of piperidine rings is 1. The van der Waals surface area contributed by atoms with Crippen LogP contribution in [0.2, 0.25) is 0 Å². The molecule has 0 radical (unpaired) electrons. The highest BCUT2D eigenvalue weighted by Gasteiger charge is 2.56. The summed E-state index contributed by atoms with van der Waals surface area (Å²) in [5, 5.41) is 15.2. The van der Waals surface area contributed by atoms with Gasteiger partial charge in [-0.25, -0.2) is 4.98 Å². The van der Waals surface area contributed by atoms with Crippen LogP contribution in [-0.2, 0) is 6.54 Å². The number of hydrogen-bond donors (Lipinski definition) is 3. The molecule has 4 heterocycles. The predicted octanol–water partition coefficient (Wildman–Crippen LogP) is 3.02. The Labute approximate surface area is 180 Å². The van der Waals surface area contributed by atoms with Gasteiger partial charge in [-0.3, -0.25) is 5.10 Å². The van der Waals surface area contributed by atoms with Gasteiger partial charge >= 0.3 is 0 Å². The highest BCUT2D eigenvalue weighted by Crippen LogP contribution is 2.46. The summed E-state index contributed by atoms with van der Waals surface area (Å²) in [6.07, 6.45) is 1.77. The lowest BCUT2D eigenvalue weighted by atomic mass is 10.2. The number of aryl methyl sites for hydroxylation is 1. The average molecular weight is 413 g/mol. The molecule has 6 rings (SSSR count). The number of hydrogen-bond acceptors (Lipinski definition) is 7. The second-order valence-electron chi connectivity index (χ2n) is 8.43. The van der Waals surface area contributed by atoms with Gasteiger partial charge < -0.3 is 15.5 Å². The normalized spacial score (nSPS) is 22.0. The fraction of sp³-hybridized carbons (Fsp3) is 0.304. The summed E-state index contributed by atoms with van der Waals surface area (Å²) >= 11 is 0. The van der Waals surface area contributed by atoms with Crippen molar-refractivity contribution in [3.8, 4) is 0 Å². The minimum Gasteiger partial charge on any atom is -0.340 e. The van der Waals surface area contributed by atoms with Gasteiger partial charge in [0, 0.05) is 43.6 Å². The number of aromatic amines is 1. The highest BCUT2D eigenvalue weighted by atomic mass is 15.3. The molecule has 8 heteroatoms. The molecule has 8 nitrogen and oxygen atoms in total. The fourth-order valence-corrected chi connectivity index (χ4v) is 4.61. The third kappa shape index (κ3) is 3.48. The second kappa shape index (κ2) is 7.31. The molecule has 4 aromatic rings. The summed E-state index contributed by atoms with van der Waals surface area (Å²) in [7, 11) is 0. The summed E-state index contributed by atoms with van der Waals surface area (Å²) in [4.78, 5) is 16.4. The Morgan fingerprint density at radius 1 is 1.06 bits per heavy atom. The zero-order valence-corrected chi connectivity index (χ0v) is 17.3. The van der Waals surface area contributed by atoms with Crippen molar-refractivity contribution in [2.75, 3.05) is 23.3 Å². The molecule has 0 spiro atoms. The van der Waals surface area contributed by atoms with Crippen LogP contribution in [0.25, 0.3) is 11.0 Å². The van der Waals surface area contributed by atoms with Gasteiger partial charge in [-0.1, -0.05) is 30.3 Å². The van der Waals surface area contributed by atoms with Gasteiger partial charge in [0.15, 0.2) is 11.5 Å². The Kier molecular flexibility index (Phi) is 4.31. The molecule has 156 valence electrons. The molecule has 3 aromatic heterocycles. The van der Waals surface area contributed by atoms with Crippen LogP contribution >= 0.6 is 0 Å². The topological polar surface area (TPSA) is 94.7 Å². The first kappa shape index (κ1) is 18.3. The first-order chi connectivity index (χ1) is 15.2. The van der Waals surface area contributed by atoms with Gasteiger partial charge in [-0.2, -0.15) is 15.1 Å². The zero-order chi connectivity index (χ0) is 20.8. The lowest BCUT2D eigenvalue weighted by Gasteiger charge is -2.21. The average Bonchev–Trinajstić information content (AvgIpc) is 3.10. The van der Waals surface area contributed by atoms with Gasteiger partial charge in [0.1, 0.15) is 5.82 Å². The largest absolute Gasteiger partial charge is 0.340 e. The van der Waals surface area contributed by atoms with Crippen LogP contribution in [0, 0.1) is 18.8 Å². The van der Waals surface area contributed by atoms with E-state index in [1.807, 2.05) is 25.1 Å². The third-order valence-electron chi connectivity index (χ3n) is 6.27. The number of nitrogens with one attached hydrogen (secondary N) is 3. The Bertz CT molecular complexity index is 1210. The third-order valence-corrected chi connectivity index (χ3v) is 6.27. The van der Waals surface area contributed by atoms with Crippen molar-refractivity contribution in [1.29, 1.82) is 0 Å². The van der Waals surface area contributed by atoms with Crippen molar-refractivity contribution < 1.29 is 0 Å². The van der Waals surface area contributed by atoms with E-state index in [2.05, 4.69) is 61.0 Å². The number of benzene rings is 1. The summed E-state index contributed by atoms with van der Waals surface area (Å²) in [6.45, 7) is 4.83. The second-order valence-corrected chi connectivity index (χ2v) is 8.43. The van der Waals surface area contributed by atoms with Crippen molar-refractivity contribution >= 4 is 28.6 Å². The van der Waals surface area contributed by atoms with E-state index in [0.29, 0.717) is 23.5 Å². The summed E-state index contributed by atoms with van der Waals surface area (Å²) in [6, 6.07) is 17.0. The number of H-pyrrole nitrogens is 1. The molecule has 1 aromatic carbocycles. The van der Waals surface area contributed by atoms with Gasteiger partial charge in [-0.15, -0.1) is 0 Å². The highest BCUT2D eigenvalue weighted by molar-refractivity contribution is 5.89. The van der Waals surface area contributed by atoms with Crippen molar-refractivity contribution in [2.24, 2.45) is 11.8 Å². The van der Waals surface area contributed by atoms with Crippen LogP contribution in [0.1, 0.15) is 11.3 Å². The summed E-state index contributed by atoms with van der Waals surface area (Å²) in [5.74, 6) is 3.50. The monoisotopic (exact) mass is 412 g/mol. The molecule has 0 bridgehead atoms. The van der Waals surface area contributed by atoms with Crippen molar-refractivity contribution in [3.63, 3.8) is 0 Å². The van der Waals surface area contributed by atoms with Crippen LogP contribution in [0.15, 0.2) is 54.7 Å². The van der Waals surface area contributed by atoms with Crippen LogP contribution in [0.5, 0.6) is 0 Å². The Balaban J connectivity index is 1.18. The number of fused-ring (bicyclic) bond motifs is 2. The van der Waals surface area contributed by atoms with E-state index >= 15 is 0 Å². The molecular weight excluding hydrogens is 388 g/mol. The van der Waals surface area contributed by atoms with Crippen molar-refractivity contribution in [1.82, 2.24) is 30.5 Å². The lowest BCUT2D eigenvalue weighted by Crippen LogP contribution is -2.32. The van der Waals surface area contributed by atoms with Crippen LogP contribution in [0.3, 0.4) is 0 Å². The molecule has 3 N–H and O–H groups in total. The molecule has 1 saturated heterocycles. The molecule has 2 fully saturated rings. The van der Waals surface area contributed by atoms with E-state index in [1.165, 1.54) is 5.56 Å². The number of aromatic nitrogens is 5.